The molecule has 1 heterocycles. The second-order valence-corrected chi connectivity index (χ2v) is 8.53. The van der Waals surface area contributed by atoms with Crippen LogP contribution < -0.4 is 5.32 Å². The number of piperazine rings is 1. The zero-order valence-electron chi connectivity index (χ0n) is 13.4. The molecule has 2 fully saturated rings. The lowest BCUT2D eigenvalue weighted by molar-refractivity contribution is 0.174. The monoisotopic (exact) mass is 318 g/mol. The zero-order chi connectivity index (χ0) is 15.3. The van der Waals surface area contributed by atoms with E-state index in [1.807, 2.05) is 0 Å². The van der Waals surface area contributed by atoms with Crippen LogP contribution in [0.3, 0.4) is 0 Å². The van der Waals surface area contributed by atoms with Crippen LogP contribution in [0.4, 0.5) is 0 Å². The summed E-state index contributed by atoms with van der Waals surface area (Å²) in [5, 5.41) is 3.37. The van der Waals surface area contributed by atoms with Gasteiger partial charge in [0.2, 0.25) is 10.0 Å². The van der Waals surface area contributed by atoms with Crippen LogP contribution in [-0.4, -0.2) is 94.2 Å². The molecule has 1 N–H and O–H groups in total. The summed E-state index contributed by atoms with van der Waals surface area (Å²) in [7, 11) is 1.07. The van der Waals surface area contributed by atoms with Crippen LogP contribution in [0, 0.1) is 0 Å². The highest BCUT2D eigenvalue weighted by molar-refractivity contribution is 7.89. The first-order chi connectivity index (χ1) is 9.97. The summed E-state index contributed by atoms with van der Waals surface area (Å²) in [6, 6.07) is 0.660. The van der Waals surface area contributed by atoms with Gasteiger partial charge in [0.15, 0.2) is 0 Å². The molecule has 6 nitrogen and oxygen atoms in total. The Morgan fingerprint density at radius 3 is 2.38 bits per heavy atom. The highest BCUT2D eigenvalue weighted by atomic mass is 32.2. The lowest BCUT2D eigenvalue weighted by Crippen LogP contribution is -2.50. The minimum Gasteiger partial charge on any atom is -0.314 e. The van der Waals surface area contributed by atoms with Crippen LogP contribution in [0.15, 0.2) is 0 Å². The quantitative estimate of drug-likeness (QED) is 0.588. The van der Waals surface area contributed by atoms with Crippen molar-refractivity contribution in [2.24, 2.45) is 0 Å². The molecule has 0 radical (unpaired) electrons. The van der Waals surface area contributed by atoms with Crippen molar-refractivity contribution in [2.75, 3.05) is 65.7 Å². The standard InChI is InChI=1S/C14H30N4O2S/c1-16(2)7-8-17-9-11-18(12-10-17)21(19,20)13-3-6-15-14-4-5-14/h14-15H,3-13H2,1-2H3. The van der Waals surface area contributed by atoms with Crippen LogP contribution in [0.1, 0.15) is 19.3 Å². The molecule has 0 bridgehead atoms. The summed E-state index contributed by atoms with van der Waals surface area (Å²) >= 11 is 0. The molecule has 21 heavy (non-hydrogen) atoms. The number of nitrogens with one attached hydrogen (secondary N) is 1. The van der Waals surface area contributed by atoms with Gasteiger partial charge in [-0.05, 0) is 39.9 Å². The maximum atomic E-state index is 12.3. The SMILES string of the molecule is CN(C)CCN1CCN(S(=O)(=O)CCCNC2CC2)CC1. The molecule has 2 aliphatic rings. The van der Waals surface area contributed by atoms with E-state index >= 15 is 0 Å². The van der Waals surface area contributed by atoms with Crippen molar-refractivity contribution < 1.29 is 8.42 Å². The normalized spacial score (nSPS) is 22.0. The van der Waals surface area contributed by atoms with Gasteiger partial charge in [-0.15, -0.1) is 0 Å². The molecule has 0 amide bonds. The van der Waals surface area contributed by atoms with Gasteiger partial charge in [-0.25, -0.2) is 8.42 Å². The van der Waals surface area contributed by atoms with Crippen LogP contribution >= 0.6 is 0 Å². The minimum absolute atomic E-state index is 0.282. The highest BCUT2D eigenvalue weighted by Crippen LogP contribution is 2.18. The van der Waals surface area contributed by atoms with E-state index in [1.54, 1.807) is 4.31 Å². The van der Waals surface area contributed by atoms with Gasteiger partial charge in [0.25, 0.3) is 0 Å². The molecule has 7 heteroatoms. The van der Waals surface area contributed by atoms with E-state index < -0.39 is 10.0 Å². The average molecular weight is 318 g/mol. The van der Waals surface area contributed by atoms with Crippen LogP contribution in [0.25, 0.3) is 0 Å². The number of hydrogen-bond donors (Lipinski definition) is 1. The van der Waals surface area contributed by atoms with Gasteiger partial charge >= 0.3 is 0 Å². The van der Waals surface area contributed by atoms with Crippen LogP contribution in [0.2, 0.25) is 0 Å². The lowest BCUT2D eigenvalue weighted by atomic mass is 10.3. The molecule has 1 saturated heterocycles. The minimum atomic E-state index is -3.06. The molecule has 1 aliphatic heterocycles. The van der Waals surface area contributed by atoms with E-state index in [2.05, 4.69) is 29.2 Å². The number of nitrogens with zero attached hydrogens (tertiary/aromatic N) is 3. The predicted octanol–water partition coefficient (Wildman–Crippen LogP) is -0.362. The van der Waals surface area contributed by atoms with Crippen LogP contribution in [0.5, 0.6) is 0 Å². The van der Waals surface area contributed by atoms with E-state index in [4.69, 9.17) is 0 Å². The number of hydrogen-bond acceptors (Lipinski definition) is 5. The van der Waals surface area contributed by atoms with E-state index in [0.717, 1.165) is 39.1 Å². The molecule has 0 spiro atoms. The summed E-state index contributed by atoms with van der Waals surface area (Å²) in [5.74, 6) is 0.282. The van der Waals surface area contributed by atoms with Crippen molar-refractivity contribution in [3.63, 3.8) is 0 Å². The molecule has 0 unspecified atom stereocenters. The Bertz CT molecular complexity index is 401. The molecular weight excluding hydrogens is 288 g/mol. The molecule has 0 aromatic rings. The molecule has 0 aromatic heterocycles. The molecule has 2 rings (SSSR count). The van der Waals surface area contributed by atoms with Crippen molar-refractivity contribution in [3.05, 3.63) is 0 Å². The van der Waals surface area contributed by atoms with Crippen molar-refractivity contribution in [1.82, 2.24) is 19.4 Å². The topological polar surface area (TPSA) is 55.9 Å². The summed E-state index contributed by atoms with van der Waals surface area (Å²) < 4.78 is 26.3. The van der Waals surface area contributed by atoms with Gasteiger partial charge in [0.05, 0.1) is 5.75 Å². The molecule has 124 valence electrons. The van der Waals surface area contributed by atoms with E-state index in [1.165, 1.54) is 12.8 Å². The third kappa shape index (κ3) is 6.20. The van der Waals surface area contributed by atoms with E-state index in [-0.39, 0.29) is 5.75 Å². The van der Waals surface area contributed by atoms with Crippen molar-refractivity contribution in [2.45, 2.75) is 25.3 Å². The fourth-order valence-corrected chi connectivity index (χ4v) is 4.04. The molecule has 1 saturated carbocycles. The van der Waals surface area contributed by atoms with Crippen LogP contribution in [-0.2, 0) is 10.0 Å². The Morgan fingerprint density at radius 2 is 1.81 bits per heavy atom. The van der Waals surface area contributed by atoms with Gasteiger partial charge < -0.3 is 10.2 Å². The van der Waals surface area contributed by atoms with Crippen molar-refractivity contribution in [3.8, 4) is 0 Å². The Labute approximate surface area is 129 Å². The fourth-order valence-electron chi connectivity index (χ4n) is 2.55. The Hall–Kier alpha value is -0.210. The number of likely N-dealkylation sites (N-methyl/N-ethyl adjacent to an activating group) is 1. The van der Waals surface area contributed by atoms with Gasteiger partial charge in [0, 0.05) is 45.3 Å². The van der Waals surface area contributed by atoms with E-state index in [9.17, 15) is 8.42 Å². The third-order valence-corrected chi connectivity index (χ3v) is 6.13. The van der Waals surface area contributed by atoms with Gasteiger partial charge in [-0.3, -0.25) is 4.90 Å². The fraction of sp³-hybridized carbons (Fsp3) is 1.00. The summed E-state index contributed by atoms with van der Waals surface area (Å²) in [4.78, 5) is 4.51. The first kappa shape index (κ1) is 17.1. The Balaban J connectivity index is 1.64. The number of sulfonamides is 1. The average Bonchev–Trinajstić information content (AvgIpc) is 3.26. The van der Waals surface area contributed by atoms with Gasteiger partial charge in [-0.1, -0.05) is 0 Å². The Kier molecular flexibility index (Phi) is 6.43. The number of rotatable bonds is 9. The zero-order valence-corrected chi connectivity index (χ0v) is 14.2. The first-order valence-electron chi connectivity index (χ1n) is 8.06. The third-order valence-electron chi connectivity index (χ3n) is 4.18. The first-order valence-corrected chi connectivity index (χ1v) is 9.66. The molecule has 0 atom stereocenters. The largest absolute Gasteiger partial charge is 0.314 e. The second-order valence-electron chi connectivity index (χ2n) is 6.44. The maximum Gasteiger partial charge on any atom is 0.214 e. The Morgan fingerprint density at radius 1 is 1.14 bits per heavy atom. The van der Waals surface area contributed by atoms with E-state index in [0.29, 0.717) is 19.1 Å². The summed E-state index contributed by atoms with van der Waals surface area (Å²) in [6.45, 7) is 5.87. The van der Waals surface area contributed by atoms with Crippen molar-refractivity contribution in [1.29, 1.82) is 0 Å². The highest BCUT2D eigenvalue weighted by Gasteiger charge is 2.26. The molecule has 0 aromatic carbocycles. The second kappa shape index (κ2) is 7.87. The predicted molar refractivity (Wildman–Crippen MR) is 86.0 cm³/mol. The van der Waals surface area contributed by atoms with Crippen molar-refractivity contribution >= 4 is 10.0 Å². The maximum absolute atomic E-state index is 12.3. The summed E-state index contributed by atoms with van der Waals surface area (Å²) in [5.41, 5.74) is 0. The summed E-state index contributed by atoms with van der Waals surface area (Å²) in [6.07, 6.45) is 3.23. The molecule has 1 aliphatic carbocycles. The van der Waals surface area contributed by atoms with Gasteiger partial charge in [-0.2, -0.15) is 4.31 Å². The lowest BCUT2D eigenvalue weighted by Gasteiger charge is -2.34. The smallest absolute Gasteiger partial charge is 0.214 e. The van der Waals surface area contributed by atoms with Gasteiger partial charge in [0.1, 0.15) is 0 Å². The molecular formula is C14H30N4O2S.